The molecule has 27 heavy (non-hydrogen) atoms. The lowest BCUT2D eigenvalue weighted by Gasteiger charge is -2.12. The molecule has 8 heteroatoms. The highest BCUT2D eigenvalue weighted by molar-refractivity contribution is 5.99. The summed E-state index contributed by atoms with van der Waals surface area (Å²) in [6, 6.07) is 11.0. The van der Waals surface area contributed by atoms with Crippen molar-refractivity contribution in [1.82, 2.24) is 10.1 Å². The van der Waals surface area contributed by atoms with Crippen LogP contribution in [-0.4, -0.2) is 16.2 Å². The summed E-state index contributed by atoms with van der Waals surface area (Å²) in [5.74, 6) is 2.10. The first-order valence-corrected chi connectivity index (χ1v) is 8.31. The van der Waals surface area contributed by atoms with Crippen molar-refractivity contribution in [2.75, 3.05) is 10.6 Å². The molecule has 0 fully saturated rings. The molecule has 0 saturated heterocycles. The van der Waals surface area contributed by atoms with E-state index in [4.69, 9.17) is 9.26 Å². The minimum Gasteiger partial charge on any atom is -0.456 e. The Bertz CT molecular complexity index is 963. The van der Waals surface area contributed by atoms with E-state index in [1.54, 1.807) is 36.4 Å². The molecular formula is C19H20N4O4. The van der Waals surface area contributed by atoms with Crippen LogP contribution in [0.15, 0.2) is 58.0 Å². The number of nitrogens with zero attached hydrogens (tertiary/aromatic N) is 1. The van der Waals surface area contributed by atoms with Crippen molar-refractivity contribution in [3.05, 3.63) is 64.8 Å². The average Bonchev–Trinajstić information content (AvgIpc) is 3.07. The standard InChI is InChI=1S/C19H20N4O4/c1-19(2,3)15-10-16(23-27-15)22-18(25)21-12-4-6-13(7-5-12)26-14-8-9-17(24)20-11-14/h4-11H,1-3H3,(H,20,24)(H2,21,22,23,25). The lowest BCUT2D eigenvalue weighted by molar-refractivity contribution is 0.262. The number of hydrogen-bond donors (Lipinski definition) is 3. The third-order valence-electron chi connectivity index (χ3n) is 3.59. The monoisotopic (exact) mass is 368 g/mol. The number of pyridine rings is 1. The molecule has 2 heterocycles. The topological polar surface area (TPSA) is 109 Å². The third-order valence-corrected chi connectivity index (χ3v) is 3.59. The summed E-state index contributed by atoms with van der Waals surface area (Å²) in [7, 11) is 0. The maximum atomic E-state index is 12.1. The van der Waals surface area contributed by atoms with Crippen LogP contribution >= 0.6 is 0 Å². The fourth-order valence-electron chi connectivity index (χ4n) is 2.17. The second-order valence-corrected chi connectivity index (χ2v) is 6.92. The van der Waals surface area contributed by atoms with Gasteiger partial charge in [-0.3, -0.25) is 10.1 Å². The maximum absolute atomic E-state index is 12.1. The molecule has 0 atom stereocenters. The number of anilines is 2. The van der Waals surface area contributed by atoms with Gasteiger partial charge in [-0.1, -0.05) is 25.9 Å². The molecule has 0 saturated carbocycles. The molecule has 2 aromatic heterocycles. The molecule has 0 aliphatic rings. The van der Waals surface area contributed by atoms with E-state index in [1.165, 1.54) is 12.3 Å². The average molecular weight is 368 g/mol. The smallest absolute Gasteiger partial charge is 0.324 e. The summed E-state index contributed by atoms with van der Waals surface area (Å²) >= 11 is 0. The molecule has 3 N–H and O–H groups in total. The van der Waals surface area contributed by atoms with Gasteiger partial charge in [0.25, 0.3) is 0 Å². The number of carbonyl (C=O) groups is 1. The molecule has 0 bridgehead atoms. The molecule has 0 spiro atoms. The second-order valence-electron chi connectivity index (χ2n) is 6.92. The van der Waals surface area contributed by atoms with Crippen molar-refractivity contribution < 1.29 is 14.1 Å². The van der Waals surface area contributed by atoms with E-state index in [0.717, 1.165) is 0 Å². The SMILES string of the molecule is CC(C)(C)c1cc(NC(=O)Nc2ccc(Oc3ccc(=O)[nH]c3)cc2)no1. The van der Waals surface area contributed by atoms with Crippen LogP contribution in [0.5, 0.6) is 11.5 Å². The lowest BCUT2D eigenvalue weighted by atomic mass is 9.93. The van der Waals surface area contributed by atoms with Crippen LogP contribution in [0.1, 0.15) is 26.5 Å². The first-order chi connectivity index (χ1) is 12.8. The zero-order chi connectivity index (χ0) is 19.4. The Morgan fingerprint density at radius 2 is 1.78 bits per heavy atom. The normalized spacial score (nSPS) is 11.1. The van der Waals surface area contributed by atoms with Gasteiger partial charge in [-0.2, -0.15) is 0 Å². The molecule has 0 aliphatic carbocycles. The van der Waals surface area contributed by atoms with Gasteiger partial charge < -0.3 is 19.6 Å². The van der Waals surface area contributed by atoms with E-state index in [1.807, 2.05) is 20.8 Å². The minimum absolute atomic E-state index is 0.189. The molecule has 8 nitrogen and oxygen atoms in total. The van der Waals surface area contributed by atoms with Crippen LogP contribution in [0, 0.1) is 0 Å². The van der Waals surface area contributed by atoms with Gasteiger partial charge in [0.1, 0.15) is 17.3 Å². The number of urea groups is 1. The summed E-state index contributed by atoms with van der Waals surface area (Å²) in [6.07, 6.45) is 1.48. The molecule has 3 aromatic rings. The van der Waals surface area contributed by atoms with E-state index >= 15 is 0 Å². The van der Waals surface area contributed by atoms with Crippen molar-refractivity contribution in [3.63, 3.8) is 0 Å². The summed E-state index contributed by atoms with van der Waals surface area (Å²) in [6.45, 7) is 5.98. The highest BCUT2D eigenvalue weighted by Crippen LogP contribution is 2.25. The Hall–Kier alpha value is -3.55. The zero-order valence-corrected chi connectivity index (χ0v) is 15.2. The van der Waals surface area contributed by atoms with Gasteiger partial charge in [0.2, 0.25) is 5.56 Å². The third kappa shape index (κ3) is 4.97. The summed E-state index contributed by atoms with van der Waals surface area (Å²) in [5.41, 5.74) is 0.195. The maximum Gasteiger partial charge on any atom is 0.324 e. The van der Waals surface area contributed by atoms with Crippen LogP contribution in [0.2, 0.25) is 0 Å². The number of rotatable bonds is 4. The molecular weight excluding hydrogens is 348 g/mol. The lowest BCUT2D eigenvalue weighted by Crippen LogP contribution is -2.19. The fourth-order valence-corrected chi connectivity index (χ4v) is 2.17. The molecule has 0 radical (unpaired) electrons. The fraction of sp³-hybridized carbons (Fsp3) is 0.211. The quantitative estimate of drug-likeness (QED) is 0.642. The van der Waals surface area contributed by atoms with Gasteiger partial charge in [-0.25, -0.2) is 4.79 Å². The predicted molar refractivity (Wildman–Crippen MR) is 101 cm³/mol. The predicted octanol–water partition coefficient (Wildman–Crippen LogP) is 4.10. The number of hydrogen-bond acceptors (Lipinski definition) is 5. The number of nitrogens with one attached hydrogen (secondary N) is 3. The molecule has 0 aliphatic heterocycles. The Kier molecular flexibility index (Phi) is 4.98. The molecule has 2 amide bonds. The Labute approximate surface area is 155 Å². The number of aromatic nitrogens is 2. The highest BCUT2D eigenvalue weighted by atomic mass is 16.5. The van der Waals surface area contributed by atoms with Crippen molar-refractivity contribution in [2.24, 2.45) is 0 Å². The van der Waals surface area contributed by atoms with Gasteiger partial charge in [0.05, 0.1) is 0 Å². The van der Waals surface area contributed by atoms with E-state index in [0.29, 0.717) is 28.8 Å². The molecule has 140 valence electrons. The van der Waals surface area contributed by atoms with Gasteiger partial charge in [0, 0.05) is 29.4 Å². The number of H-pyrrole nitrogens is 1. The number of amides is 2. The number of carbonyl (C=O) groups excluding carboxylic acids is 1. The summed E-state index contributed by atoms with van der Waals surface area (Å²) in [5, 5.41) is 9.16. The summed E-state index contributed by atoms with van der Waals surface area (Å²) < 4.78 is 10.8. The second kappa shape index (κ2) is 7.36. The van der Waals surface area contributed by atoms with Crippen LogP contribution < -0.4 is 20.9 Å². The molecule has 1 aromatic carbocycles. The first-order valence-electron chi connectivity index (χ1n) is 8.31. The molecule has 0 unspecified atom stereocenters. The zero-order valence-electron chi connectivity index (χ0n) is 15.2. The van der Waals surface area contributed by atoms with Gasteiger partial charge >= 0.3 is 6.03 Å². The Morgan fingerprint density at radius 1 is 1.07 bits per heavy atom. The van der Waals surface area contributed by atoms with Gasteiger partial charge in [0.15, 0.2) is 5.82 Å². The van der Waals surface area contributed by atoms with Crippen molar-refractivity contribution in [3.8, 4) is 11.5 Å². The van der Waals surface area contributed by atoms with Crippen LogP contribution in [-0.2, 0) is 5.41 Å². The number of ether oxygens (including phenoxy) is 1. The van der Waals surface area contributed by atoms with E-state index in [9.17, 15) is 9.59 Å². The van der Waals surface area contributed by atoms with Gasteiger partial charge in [-0.05, 0) is 30.3 Å². The van der Waals surface area contributed by atoms with Crippen LogP contribution in [0.4, 0.5) is 16.3 Å². The highest BCUT2D eigenvalue weighted by Gasteiger charge is 2.20. The Morgan fingerprint density at radius 3 is 2.37 bits per heavy atom. The van der Waals surface area contributed by atoms with E-state index < -0.39 is 6.03 Å². The van der Waals surface area contributed by atoms with Gasteiger partial charge in [-0.15, -0.1) is 0 Å². The van der Waals surface area contributed by atoms with Crippen LogP contribution in [0.3, 0.4) is 0 Å². The van der Waals surface area contributed by atoms with Crippen molar-refractivity contribution in [1.29, 1.82) is 0 Å². The Balaban J connectivity index is 1.57. The van der Waals surface area contributed by atoms with Crippen molar-refractivity contribution in [2.45, 2.75) is 26.2 Å². The summed E-state index contributed by atoms with van der Waals surface area (Å²) in [4.78, 5) is 25.6. The first kappa shape index (κ1) is 18.2. The largest absolute Gasteiger partial charge is 0.456 e. The molecule has 3 rings (SSSR count). The number of aromatic amines is 1. The van der Waals surface area contributed by atoms with E-state index in [2.05, 4.69) is 20.8 Å². The van der Waals surface area contributed by atoms with Crippen LogP contribution in [0.25, 0.3) is 0 Å². The number of benzene rings is 1. The van der Waals surface area contributed by atoms with Crippen molar-refractivity contribution >= 4 is 17.5 Å². The van der Waals surface area contributed by atoms with E-state index in [-0.39, 0.29) is 11.0 Å². The minimum atomic E-state index is -0.432.